The van der Waals surface area contributed by atoms with Gasteiger partial charge in [0.2, 0.25) is 14.1 Å². The lowest BCUT2D eigenvalue weighted by molar-refractivity contribution is 0.0492. The maximum absolute atomic E-state index is 11.7. The number of furan rings is 1. The highest BCUT2D eigenvalue weighted by Crippen LogP contribution is 2.38. The average Bonchev–Trinajstić information content (AvgIpc) is 2.80. The maximum Gasteiger partial charge on any atom is 0.374 e. The van der Waals surface area contributed by atoms with Crippen LogP contribution in [0.3, 0.4) is 0 Å². The summed E-state index contributed by atoms with van der Waals surface area (Å²) in [5, 5.41) is 0.993. The molecule has 22 heavy (non-hydrogen) atoms. The topological polar surface area (TPSA) is 48.7 Å². The van der Waals surface area contributed by atoms with E-state index in [2.05, 4.69) is 33.9 Å². The van der Waals surface area contributed by atoms with E-state index in [0.29, 0.717) is 12.2 Å². The van der Waals surface area contributed by atoms with Crippen molar-refractivity contribution < 1.29 is 18.4 Å². The predicted molar refractivity (Wildman–Crippen MR) is 90.0 cm³/mol. The number of ether oxygens (including phenoxy) is 1. The van der Waals surface area contributed by atoms with Gasteiger partial charge in [-0.05, 0) is 43.3 Å². The molecule has 0 aliphatic heterocycles. The Hall–Kier alpha value is -1.75. The van der Waals surface area contributed by atoms with Gasteiger partial charge in [0.25, 0.3) is 0 Å². The Kier molecular flexibility index (Phi) is 4.38. The zero-order valence-corrected chi connectivity index (χ0v) is 15.1. The second-order valence-electron chi connectivity index (χ2n) is 6.89. The van der Waals surface area contributed by atoms with Crippen LogP contribution in [-0.4, -0.2) is 20.9 Å². The van der Waals surface area contributed by atoms with Crippen LogP contribution in [0.25, 0.3) is 11.0 Å². The molecular formula is C17H24O4Si. The predicted octanol–water partition coefficient (Wildman–Crippen LogP) is 4.99. The van der Waals surface area contributed by atoms with E-state index in [1.54, 1.807) is 13.0 Å². The van der Waals surface area contributed by atoms with E-state index in [1.165, 1.54) is 0 Å². The van der Waals surface area contributed by atoms with Crippen LogP contribution >= 0.6 is 0 Å². The Morgan fingerprint density at radius 2 is 1.91 bits per heavy atom. The Bertz CT molecular complexity index is 680. The summed E-state index contributed by atoms with van der Waals surface area (Å²) in [5.41, 5.74) is 0.638. The van der Waals surface area contributed by atoms with E-state index >= 15 is 0 Å². The molecule has 1 aromatic carbocycles. The molecule has 1 aromatic heterocycles. The minimum atomic E-state index is -1.89. The molecule has 0 atom stereocenters. The van der Waals surface area contributed by atoms with Crippen molar-refractivity contribution in [3.05, 3.63) is 30.0 Å². The molecule has 0 unspecified atom stereocenters. The second kappa shape index (κ2) is 5.80. The molecular weight excluding hydrogens is 296 g/mol. The minimum absolute atomic E-state index is 0.126. The van der Waals surface area contributed by atoms with Crippen molar-refractivity contribution in [1.29, 1.82) is 0 Å². The van der Waals surface area contributed by atoms with Crippen molar-refractivity contribution in [2.75, 3.05) is 6.61 Å². The normalized spacial score (nSPS) is 12.5. The highest BCUT2D eigenvalue weighted by molar-refractivity contribution is 6.74. The molecule has 0 saturated heterocycles. The summed E-state index contributed by atoms with van der Waals surface area (Å²) in [6, 6.07) is 7.37. The number of fused-ring (bicyclic) bond motifs is 1. The van der Waals surface area contributed by atoms with Gasteiger partial charge in [0, 0.05) is 11.5 Å². The molecule has 0 radical (unpaired) electrons. The summed E-state index contributed by atoms with van der Waals surface area (Å²) in [4.78, 5) is 11.7. The van der Waals surface area contributed by atoms with E-state index in [1.807, 2.05) is 18.2 Å². The Labute approximate surface area is 132 Å². The van der Waals surface area contributed by atoms with Crippen molar-refractivity contribution in [1.82, 2.24) is 0 Å². The summed E-state index contributed by atoms with van der Waals surface area (Å²) in [7, 11) is -1.89. The molecule has 120 valence electrons. The molecule has 2 rings (SSSR count). The van der Waals surface area contributed by atoms with Gasteiger partial charge in [-0.1, -0.05) is 20.8 Å². The molecule has 0 amide bonds. The molecule has 0 fully saturated rings. The summed E-state index contributed by atoms with van der Waals surface area (Å²) >= 11 is 0. The monoisotopic (exact) mass is 320 g/mol. The Morgan fingerprint density at radius 3 is 2.50 bits per heavy atom. The lowest BCUT2D eigenvalue weighted by Gasteiger charge is -2.36. The number of rotatable bonds is 4. The van der Waals surface area contributed by atoms with Crippen molar-refractivity contribution in [2.45, 2.75) is 45.8 Å². The number of benzene rings is 1. The zero-order chi connectivity index (χ0) is 16.5. The Morgan fingerprint density at radius 1 is 1.23 bits per heavy atom. The molecule has 1 heterocycles. The third kappa shape index (κ3) is 3.35. The highest BCUT2D eigenvalue weighted by atomic mass is 28.4. The molecule has 0 spiro atoms. The van der Waals surface area contributed by atoms with Crippen LogP contribution in [0.5, 0.6) is 5.75 Å². The molecule has 0 bridgehead atoms. The van der Waals surface area contributed by atoms with Gasteiger partial charge in [-0.25, -0.2) is 4.79 Å². The fourth-order valence-corrected chi connectivity index (χ4v) is 2.85. The fraction of sp³-hybridized carbons (Fsp3) is 0.471. The van der Waals surface area contributed by atoms with E-state index < -0.39 is 14.3 Å². The quantitative estimate of drug-likeness (QED) is 0.588. The number of hydrogen-bond acceptors (Lipinski definition) is 4. The SMILES string of the molecule is CCOC(=O)c1cc2ccc(O[Si](C)(C)C(C)(C)C)cc2o1. The van der Waals surface area contributed by atoms with E-state index in [0.717, 1.165) is 11.1 Å². The minimum Gasteiger partial charge on any atom is -0.543 e. The first-order chi connectivity index (χ1) is 10.1. The van der Waals surface area contributed by atoms with Crippen LogP contribution < -0.4 is 4.43 Å². The average molecular weight is 320 g/mol. The van der Waals surface area contributed by atoms with Crippen LogP contribution in [0.15, 0.2) is 28.7 Å². The summed E-state index contributed by atoms with van der Waals surface area (Å²) in [6.07, 6.45) is 0. The number of carbonyl (C=O) groups is 1. The van der Waals surface area contributed by atoms with Crippen LogP contribution in [-0.2, 0) is 4.74 Å². The summed E-state index contributed by atoms with van der Waals surface area (Å²) in [5.74, 6) is 0.566. The molecule has 0 N–H and O–H groups in total. The van der Waals surface area contributed by atoms with Gasteiger partial charge in [-0.2, -0.15) is 0 Å². The maximum atomic E-state index is 11.7. The summed E-state index contributed by atoms with van der Waals surface area (Å²) in [6.45, 7) is 13.1. The van der Waals surface area contributed by atoms with Gasteiger partial charge >= 0.3 is 5.97 Å². The molecule has 5 heteroatoms. The van der Waals surface area contributed by atoms with Crippen molar-refractivity contribution in [3.63, 3.8) is 0 Å². The number of carbonyl (C=O) groups excluding carboxylic acids is 1. The zero-order valence-electron chi connectivity index (χ0n) is 14.1. The van der Waals surface area contributed by atoms with E-state index in [-0.39, 0.29) is 10.8 Å². The third-order valence-corrected chi connectivity index (χ3v) is 8.51. The van der Waals surface area contributed by atoms with Crippen LogP contribution in [0.2, 0.25) is 18.1 Å². The van der Waals surface area contributed by atoms with Gasteiger partial charge in [-0.15, -0.1) is 0 Å². The van der Waals surface area contributed by atoms with Gasteiger partial charge in [0.15, 0.2) is 0 Å². The summed E-state index contributed by atoms with van der Waals surface area (Å²) < 4.78 is 16.8. The molecule has 0 aliphatic rings. The van der Waals surface area contributed by atoms with E-state index in [4.69, 9.17) is 13.6 Å². The largest absolute Gasteiger partial charge is 0.543 e. The number of esters is 1. The van der Waals surface area contributed by atoms with Crippen molar-refractivity contribution in [2.24, 2.45) is 0 Å². The molecule has 2 aromatic rings. The highest BCUT2D eigenvalue weighted by Gasteiger charge is 2.39. The van der Waals surface area contributed by atoms with Crippen molar-refractivity contribution >= 4 is 25.3 Å². The van der Waals surface area contributed by atoms with Gasteiger partial charge < -0.3 is 13.6 Å². The third-order valence-electron chi connectivity index (χ3n) is 4.15. The molecule has 0 saturated carbocycles. The van der Waals surface area contributed by atoms with Gasteiger partial charge in [-0.3, -0.25) is 0 Å². The lowest BCUT2D eigenvalue weighted by Crippen LogP contribution is -2.43. The smallest absolute Gasteiger partial charge is 0.374 e. The van der Waals surface area contributed by atoms with Gasteiger partial charge in [0.05, 0.1) is 6.61 Å². The van der Waals surface area contributed by atoms with Crippen LogP contribution in [0.1, 0.15) is 38.2 Å². The molecule has 0 aliphatic carbocycles. The van der Waals surface area contributed by atoms with Crippen LogP contribution in [0, 0.1) is 0 Å². The fourth-order valence-electron chi connectivity index (χ4n) is 1.83. The van der Waals surface area contributed by atoms with Gasteiger partial charge in [0.1, 0.15) is 11.3 Å². The molecule has 4 nitrogen and oxygen atoms in total. The standard InChI is InChI=1S/C17H24O4Si/c1-7-19-16(18)15-10-12-8-9-13(11-14(12)20-15)21-22(5,6)17(2,3)4/h8-11H,7H2,1-6H3. The second-order valence-corrected chi connectivity index (χ2v) is 11.6. The van der Waals surface area contributed by atoms with Crippen molar-refractivity contribution in [3.8, 4) is 5.75 Å². The van der Waals surface area contributed by atoms with E-state index in [9.17, 15) is 4.79 Å². The first-order valence-electron chi connectivity index (χ1n) is 7.54. The Balaban J connectivity index is 2.29. The first kappa shape index (κ1) is 16.6. The first-order valence-corrected chi connectivity index (χ1v) is 10.4. The lowest BCUT2D eigenvalue weighted by atomic mass is 10.2. The number of hydrogen-bond donors (Lipinski definition) is 0. The van der Waals surface area contributed by atoms with Crippen LogP contribution in [0.4, 0.5) is 0 Å².